The van der Waals surface area contributed by atoms with Gasteiger partial charge in [-0.1, -0.05) is 80.3 Å². The molecule has 1 N–H and O–H groups in total. The topological polar surface area (TPSA) is 57.2 Å². The van der Waals surface area contributed by atoms with E-state index in [1.54, 1.807) is 0 Å². The molecule has 0 aliphatic carbocycles. The summed E-state index contributed by atoms with van der Waals surface area (Å²) in [4.78, 5) is 0. The smallest absolute Gasteiger partial charge is 0.108 e. The molecule has 4 rings (SSSR count). The van der Waals surface area contributed by atoms with Crippen LogP contribution in [0.5, 0.6) is 0 Å². The molecule has 0 radical (unpaired) electrons. The lowest BCUT2D eigenvalue weighted by molar-refractivity contribution is -0.219. The minimum absolute atomic E-state index is 0.124. The van der Waals surface area contributed by atoms with Crippen LogP contribution in [-0.2, 0) is 32.2 Å². The van der Waals surface area contributed by atoms with Crippen LogP contribution < -0.4 is 0 Å². The first-order chi connectivity index (χ1) is 17.3. The Bertz CT molecular complexity index is 970. The summed E-state index contributed by atoms with van der Waals surface area (Å²) in [6.45, 7) is 8.34. The van der Waals surface area contributed by atoms with Gasteiger partial charge >= 0.3 is 0 Å². The van der Waals surface area contributed by atoms with Crippen molar-refractivity contribution in [3.63, 3.8) is 0 Å². The number of hydrogen-bond acceptors (Lipinski definition) is 5. The van der Waals surface area contributed by atoms with Crippen LogP contribution >= 0.6 is 0 Å². The van der Waals surface area contributed by atoms with Crippen LogP contribution in [0.3, 0.4) is 0 Å². The molecular formula is C30H40O5Si. The maximum atomic E-state index is 11.3. The molecule has 194 valence electrons. The van der Waals surface area contributed by atoms with E-state index in [2.05, 4.69) is 49.8 Å². The average Bonchev–Trinajstić information content (AvgIpc) is 3.00. The number of terminal acetylenes is 1. The first-order valence-electron chi connectivity index (χ1n) is 13.0. The van der Waals surface area contributed by atoms with E-state index in [4.69, 9.17) is 25.4 Å². The zero-order chi connectivity index (χ0) is 25.5. The SMILES string of the molecule is C#CC[C@H]1O[C@H]2C[C@@H](OCc3ccccc3)[C@H](COCc3ccccc3)O[C@@H]2C[C@H]([Si](C)(C)C)[C@@H]1O. The van der Waals surface area contributed by atoms with E-state index in [9.17, 15) is 5.11 Å². The molecule has 2 aliphatic rings. The van der Waals surface area contributed by atoms with E-state index in [0.29, 0.717) is 32.7 Å². The van der Waals surface area contributed by atoms with Crippen LogP contribution in [0.2, 0.25) is 25.2 Å². The predicted molar refractivity (Wildman–Crippen MR) is 144 cm³/mol. The monoisotopic (exact) mass is 508 g/mol. The first kappa shape index (κ1) is 27.1. The Labute approximate surface area is 217 Å². The second-order valence-electron chi connectivity index (χ2n) is 11.1. The third-order valence-electron chi connectivity index (χ3n) is 7.40. The largest absolute Gasteiger partial charge is 0.390 e. The molecule has 2 heterocycles. The lowest BCUT2D eigenvalue weighted by Crippen LogP contribution is -2.51. The molecule has 0 aromatic heterocycles. The predicted octanol–water partition coefficient (Wildman–Crippen LogP) is 5.20. The minimum atomic E-state index is -1.71. The van der Waals surface area contributed by atoms with Crippen molar-refractivity contribution in [1.82, 2.24) is 0 Å². The third-order valence-corrected chi connectivity index (χ3v) is 10.2. The maximum Gasteiger partial charge on any atom is 0.108 e. The zero-order valence-electron chi connectivity index (χ0n) is 21.7. The number of aliphatic hydroxyl groups is 1. The highest BCUT2D eigenvalue weighted by Crippen LogP contribution is 2.42. The van der Waals surface area contributed by atoms with Gasteiger partial charge in [-0.3, -0.25) is 0 Å². The van der Waals surface area contributed by atoms with Crippen molar-refractivity contribution in [2.75, 3.05) is 6.61 Å². The molecule has 2 aliphatic heterocycles. The van der Waals surface area contributed by atoms with Crippen LogP contribution in [0.15, 0.2) is 60.7 Å². The van der Waals surface area contributed by atoms with Crippen molar-refractivity contribution < 1.29 is 24.1 Å². The van der Waals surface area contributed by atoms with Crippen molar-refractivity contribution in [2.45, 2.75) is 94.3 Å². The van der Waals surface area contributed by atoms with Gasteiger partial charge in [0.2, 0.25) is 0 Å². The Morgan fingerprint density at radius 2 is 1.47 bits per heavy atom. The molecule has 2 saturated heterocycles. The van der Waals surface area contributed by atoms with Gasteiger partial charge in [-0.2, -0.15) is 0 Å². The van der Waals surface area contributed by atoms with E-state index in [-0.39, 0.29) is 36.1 Å². The number of benzene rings is 2. The normalized spacial score (nSPS) is 30.7. The van der Waals surface area contributed by atoms with Crippen LogP contribution in [-0.4, -0.2) is 56.4 Å². The second kappa shape index (κ2) is 12.5. The zero-order valence-corrected chi connectivity index (χ0v) is 22.7. The van der Waals surface area contributed by atoms with Crippen LogP contribution in [0.1, 0.15) is 30.4 Å². The van der Waals surface area contributed by atoms with Crippen LogP contribution in [0.25, 0.3) is 0 Å². The van der Waals surface area contributed by atoms with E-state index in [1.807, 2.05) is 36.4 Å². The van der Waals surface area contributed by atoms with Gasteiger partial charge in [0.1, 0.15) is 6.10 Å². The third kappa shape index (κ3) is 7.07. The first-order valence-corrected chi connectivity index (χ1v) is 16.6. The number of fused-ring (bicyclic) bond motifs is 1. The molecule has 0 bridgehead atoms. The van der Waals surface area contributed by atoms with Crippen molar-refractivity contribution in [3.8, 4) is 12.3 Å². The summed E-state index contributed by atoms with van der Waals surface area (Å²) >= 11 is 0. The molecule has 0 unspecified atom stereocenters. The Kier molecular flexibility index (Phi) is 9.40. The highest BCUT2D eigenvalue weighted by Gasteiger charge is 2.49. The summed E-state index contributed by atoms with van der Waals surface area (Å²) < 4.78 is 25.7. The Balaban J connectivity index is 1.50. The summed E-state index contributed by atoms with van der Waals surface area (Å²) in [5.41, 5.74) is 2.38. The molecule has 0 saturated carbocycles. The van der Waals surface area contributed by atoms with E-state index < -0.39 is 14.2 Å². The highest BCUT2D eigenvalue weighted by molar-refractivity contribution is 6.77. The van der Waals surface area contributed by atoms with Crippen molar-refractivity contribution in [3.05, 3.63) is 71.8 Å². The van der Waals surface area contributed by atoms with Crippen molar-refractivity contribution >= 4 is 8.07 Å². The standard InChI is InChI=1S/C30H40O5Si/c1-5-12-24-30(31)29(36(2,3)4)18-27-26(34-24)17-25(33-20-23-15-10-7-11-16-23)28(35-27)21-32-19-22-13-8-6-9-14-22/h1,6-11,13-16,24-31H,12,17-21H2,2-4H3/t24-,25-,26+,27-,28+,29+,30-/m1/s1. The molecule has 0 spiro atoms. The molecule has 5 nitrogen and oxygen atoms in total. The highest BCUT2D eigenvalue weighted by atomic mass is 28.3. The summed E-state index contributed by atoms with van der Waals surface area (Å²) in [6.07, 6.45) is 5.83. The molecule has 6 heteroatoms. The van der Waals surface area contributed by atoms with E-state index in [0.717, 1.165) is 17.5 Å². The fraction of sp³-hybridized carbons (Fsp3) is 0.533. The van der Waals surface area contributed by atoms with Gasteiger partial charge in [-0.15, -0.1) is 12.3 Å². The number of hydrogen-bond donors (Lipinski definition) is 1. The maximum absolute atomic E-state index is 11.3. The summed E-state index contributed by atoms with van der Waals surface area (Å²) in [7, 11) is -1.71. The summed E-state index contributed by atoms with van der Waals surface area (Å²) in [6, 6.07) is 20.3. The molecule has 0 amide bonds. The Hall–Kier alpha value is -1.98. The fourth-order valence-corrected chi connectivity index (χ4v) is 7.53. The number of ether oxygens (including phenoxy) is 4. The molecule has 36 heavy (non-hydrogen) atoms. The van der Waals surface area contributed by atoms with Gasteiger partial charge < -0.3 is 24.1 Å². The average molecular weight is 509 g/mol. The second-order valence-corrected chi connectivity index (χ2v) is 16.6. The van der Waals surface area contributed by atoms with E-state index in [1.165, 1.54) is 0 Å². The minimum Gasteiger partial charge on any atom is -0.390 e. The molecule has 2 fully saturated rings. The van der Waals surface area contributed by atoms with Gasteiger partial charge in [-0.05, 0) is 23.1 Å². The van der Waals surface area contributed by atoms with Crippen molar-refractivity contribution in [1.29, 1.82) is 0 Å². The summed E-state index contributed by atoms with van der Waals surface area (Å²) in [5.74, 6) is 2.71. The number of rotatable bonds is 9. The molecule has 7 atom stereocenters. The Morgan fingerprint density at radius 3 is 2.08 bits per heavy atom. The Morgan fingerprint density at radius 1 is 0.889 bits per heavy atom. The summed E-state index contributed by atoms with van der Waals surface area (Å²) in [5, 5.41) is 11.3. The number of aliphatic hydroxyl groups excluding tert-OH is 1. The van der Waals surface area contributed by atoms with Crippen molar-refractivity contribution in [2.24, 2.45) is 0 Å². The van der Waals surface area contributed by atoms with E-state index >= 15 is 0 Å². The lowest BCUT2D eigenvalue weighted by Gasteiger charge is -2.41. The fourth-order valence-electron chi connectivity index (χ4n) is 5.35. The van der Waals surface area contributed by atoms with Gasteiger partial charge in [0.15, 0.2) is 0 Å². The van der Waals surface area contributed by atoms with Gasteiger partial charge in [-0.25, -0.2) is 0 Å². The molecular weight excluding hydrogens is 468 g/mol. The quantitative estimate of drug-likeness (QED) is 0.373. The van der Waals surface area contributed by atoms with Gasteiger partial charge in [0.25, 0.3) is 0 Å². The molecule has 2 aromatic carbocycles. The van der Waals surface area contributed by atoms with Gasteiger partial charge in [0, 0.05) is 12.8 Å². The van der Waals surface area contributed by atoms with Crippen LogP contribution in [0.4, 0.5) is 0 Å². The molecule has 2 aromatic rings. The van der Waals surface area contributed by atoms with Gasteiger partial charge in [0.05, 0.1) is 58.4 Å². The van der Waals surface area contributed by atoms with Crippen LogP contribution in [0, 0.1) is 12.3 Å². The lowest BCUT2D eigenvalue weighted by atomic mass is 9.95.